The van der Waals surface area contributed by atoms with Crippen molar-refractivity contribution in [3.05, 3.63) is 18.0 Å². The molecule has 0 saturated carbocycles. The van der Waals surface area contributed by atoms with Gasteiger partial charge >= 0.3 is 0 Å². The third-order valence-electron chi connectivity index (χ3n) is 2.56. The van der Waals surface area contributed by atoms with Crippen LogP contribution >= 0.6 is 0 Å². The first-order valence-corrected chi connectivity index (χ1v) is 7.34. The summed E-state index contributed by atoms with van der Waals surface area (Å²) in [5.74, 6) is -0.221. The second-order valence-electron chi connectivity index (χ2n) is 4.39. The van der Waals surface area contributed by atoms with Gasteiger partial charge in [0, 0.05) is 18.8 Å². The van der Waals surface area contributed by atoms with Gasteiger partial charge in [-0.05, 0) is 26.3 Å². The molecule has 0 fully saturated rings. The SMILES string of the molecule is CCCN(C(=O)c1cc(S(N)(=O)=O)c[nH]1)C(C)C. The van der Waals surface area contributed by atoms with Gasteiger partial charge in [-0.1, -0.05) is 6.92 Å². The Labute approximate surface area is 107 Å². The van der Waals surface area contributed by atoms with Crippen LogP contribution in [0, 0.1) is 0 Å². The zero-order valence-corrected chi connectivity index (χ0v) is 11.6. The number of nitrogens with two attached hydrogens (primary N) is 1. The first kappa shape index (κ1) is 14.7. The molecule has 1 aromatic heterocycles. The van der Waals surface area contributed by atoms with E-state index in [9.17, 15) is 13.2 Å². The minimum absolute atomic E-state index is 0.0543. The predicted molar refractivity (Wildman–Crippen MR) is 68.6 cm³/mol. The Kier molecular flexibility index (Phi) is 4.53. The lowest BCUT2D eigenvalue weighted by atomic mass is 10.2. The number of primary sulfonamides is 1. The molecule has 0 atom stereocenters. The summed E-state index contributed by atoms with van der Waals surface area (Å²) >= 11 is 0. The van der Waals surface area contributed by atoms with Gasteiger partial charge in [0.2, 0.25) is 10.0 Å². The summed E-state index contributed by atoms with van der Waals surface area (Å²) < 4.78 is 22.3. The van der Waals surface area contributed by atoms with E-state index in [0.717, 1.165) is 6.42 Å². The van der Waals surface area contributed by atoms with Crippen molar-refractivity contribution < 1.29 is 13.2 Å². The van der Waals surface area contributed by atoms with E-state index in [-0.39, 0.29) is 22.5 Å². The number of sulfonamides is 1. The molecule has 6 nitrogen and oxygen atoms in total. The maximum absolute atomic E-state index is 12.2. The van der Waals surface area contributed by atoms with Crippen molar-refractivity contribution in [1.29, 1.82) is 0 Å². The van der Waals surface area contributed by atoms with Gasteiger partial charge in [-0.2, -0.15) is 0 Å². The molecule has 0 aliphatic rings. The predicted octanol–water partition coefficient (Wildman–Crippen LogP) is 0.923. The van der Waals surface area contributed by atoms with Gasteiger partial charge in [0.15, 0.2) is 0 Å². The second kappa shape index (κ2) is 5.53. The highest BCUT2D eigenvalue weighted by atomic mass is 32.2. The molecule has 0 spiro atoms. The third kappa shape index (κ3) is 3.33. The molecular weight excluding hydrogens is 254 g/mol. The molecule has 0 aliphatic heterocycles. The number of carbonyl (C=O) groups is 1. The maximum atomic E-state index is 12.2. The van der Waals surface area contributed by atoms with Crippen molar-refractivity contribution in [3.63, 3.8) is 0 Å². The number of nitrogens with one attached hydrogen (secondary N) is 1. The molecule has 1 heterocycles. The zero-order chi connectivity index (χ0) is 13.9. The molecule has 1 rings (SSSR count). The zero-order valence-electron chi connectivity index (χ0n) is 10.8. The summed E-state index contributed by atoms with van der Waals surface area (Å²) in [5, 5.41) is 4.99. The van der Waals surface area contributed by atoms with E-state index < -0.39 is 10.0 Å². The Balaban J connectivity index is 2.99. The molecule has 0 aromatic carbocycles. The molecule has 0 radical (unpaired) electrons. The minimum atomic E-state index is -3.78. The highest BCUT2D eigenvalue weighted by molar-refractivity contribution is 7.89. The lowest BCUT2D eigenvalue weighted by Crippen LogP contribution is -2.37. The van der Waals surface area contributed by atoms with Gasteiger partial charge in [-0.15, -0.1) is 0 Å². The van der Waals surface area contributed by atoms with E-state index >= 15 is 0 Å². The van der Waals surface area contributed by atoms with Crippen molar-refractivity contribution in [1.82, 2.24) is 9.88 Å². The number of aromatic amines is 1. The van der Waals surface area contributed by atoms with Crippen LogP contribution in [0.3, 0.4) is 0 Å². The quantitative estimate of drug-likeness (QED) is 0.835. The van der Waals surface area contributed by atoms with Gasteiger partial charge in [0.05, 0.1) is 4.90 Å². The molecule has 1 amide bonds. The minimum Gasteiger partial charge on any atom is -0.356 e. The van der Waals surface area contributed by atoms with E-state index in [1.54, 1.807) is 4.90 Å². The second-order valence-corrected chi connectivity index (χ2v) is 5.95. The fraction of sp³-hybridized carbons (Fsp3) is 0.545. The summed E-state index contributed by atoms with van der Waals surface area (Å²) in [5.41, 5.74) is 0.237. The molecule has 1 aromatic rings. The van der Waals surface area contributed by atoms with E-state index in [4.69, 9.17) is 5.14 Å². The fourth-order valence-electron chi connectivity index (χ4n) is 1.65. The number of hydrogen-bond acceptors (Lipinski definition) is 3. The number of H-pyrrole nitrogens is 1. The number of hydrogen-bond donors (Lipinski definition) is 2. The molecule has 7 heteroatoms. The van der Waals surface area contributed by atoms with Crippen LogP contribution in [0.5, 0.6) is 0 Å². The Bertz CT molecular complexity index is 519. The van der Waals surface area contributed by atoms with Gasteiger partial charge in [-0.25, -0.2) is 13.6 Å². The molecule has 18 heavy (non-hydrogen) atoms. The summed E-state index contributed by atoms with van der Waals surface area (Å²) in [7, 11) is -3.78. The average Bonchev–Trinajstić information content (AvgIpc) is 2.73. The fourth-order valence-corrected chi connectivity index (χ4v) is 2.16. The van der Waals surface area contributed by atoms with Gasteiger partial charge < -0.3 is 9.88 Å². The van der Waals surface area contributed by atoms with Crippen molar-refractivity contribution >= 4 is 15.9 Å². The van der Waals surface area contributed by atoms with E-state index in [0.29, 0.717) is 6.54 Å². The van der Waals surface area contributed by atoms with Crippen LogP contribution in [-0.4, -0.2) is 36.8 Å². The van der Waals surface area contributed by atoms with Crippen molar-refractivity contribution in [2.24, 2.45) is 5.14 Å². The largest absolute Gasteiger partial charge is 0.356 e. The number of amides is 1. The Hall–Kier alpha value is -1.34. The third-order valence-corrected chi connectivity index (χ3v) is 3.46. The van der Waals surface area contributed by atoms with E-state index in [1.807, 2.05) is 20.8 Å². The topological polar surface area (TPSA) is 96.3 Å². The highest BCUT2D eigenvalue weighted by Crippen LogP contribution is 2.12. The number of rotatable bonds is 5. The molecule has 0 saturated heterocycles. The Morgan fingerprint density at radius 3 is 2.50 bits per heavy atom. The highest BCUT2D eigenvalue weighted by Gasteiger charge is 2.21. The summed E-state index contributed by atoms with van der Waals surface area (Å²) in [6.07, 6.45) is 2.07. The number of aromatic nitrogens is 1. The van der Waals surface area contributed by atoms with Crippen molar-refractivity contribution in [2.45, 2.75) is 38.1 Å². The van der Waals surface area contributed by atoms with Crippen LogP contribution in [0.4, 0.5) is 0 Å². The smallest absolute Gasteiger partial charge is 0.270 e. The Morgan fingerprint density at radius 2 is 2.11 bits per heavy atom. The Morgan fingerprint density at radius 1 is 1.50 bits per heavy atom. The average molecular weight is 273 g/mol. The van der Waals surface area contributed by atoms with E-state index in [2.05, 4.69) is 4.98 Å². The normalized spacial score (nSPS) is 11.8. The molecule has 102 valence electrons. The molecular formula is C11H19N3O3S. The first-order valence-electron chi connectivity index (χ1n) is 5.79. The van der Waals surface area contributed by atoms with Crippen LogP contribution in [0.1, 0.15) is 37.7 Å². The van der Waals surface area contributed by atoms with Gasteiger partial charge in [-0.3, -0.25) is 4.79 Å². The standard InChI is InChI=1S/C11H19N3O3S/c1-4-5-14(8(2)3)11(15)10-6-9(7-13-10)18(12,16)17/h6-8,13H,4-5H2,1-3H3,(H2,12,16,17). The van der Waals surface area contributed by atoms with Crippen LogP contribution in [0.2, 0.25) is 0 Å². The molecule has 0 bridgehead atoms. The maximum Gasteiger partial charge on any atom is 0.270 e. The summed E-state index contributed by atoms with van der Waals surface area (Å²) in [6.45, 7) is 6.43. The first-order chi connectivity index (χ1) is 8.27. The van der Waals surface area contributed by atoms with Crippen molar-refractivity contribution in [2.75, 3.05) is 6.54 Å². The van der Waals surface area contributed by atoms with E-state index in [1.165, 1.54) is 12.3 Å². The van der Waals surface area contributed by atoms with Crippen LogP contribution < -0.4 is 5.14 Å². The lowest BCUT2D eigenvalue weighted by molar-refractivity contribution is 0.0700. The van der Waals surface area contributed by atoms with Crippen molar-refractivity contribution in [3.8, 4) is 0 Å². The number of carbonyl (C=O) groups excluding carboxylic acids is 1. The monoisotopic (exact) mass is 273 g/mol. The summed E-state index contributed by atoms with van der Waals surface area (Å²) in [6, 6.07) is 1.32. The number of nitrogens with zero attached hydrogens (tertiary/aromatic N) is 1. The molecule has 0 aliphatic carbocycles. The molecule has 0 unspecified atom stereocenters. The van der Waals surface area contributed by atoms with Gasteiger partial charge in [0.1, 0.15) is 5.69 Å². The van der Waals surface area contributed by atoms with Crippen LogP contribution in [0.25, 0.3) is 0 Å². The summed E-state index contributed by atoms with van der Waals surface area (Å²) in [4.78, 5) is 16.4. The van der Waals surface area contributed by atoms with Gasteiger partial charge in [0.25, 0.3) is 5.91 Å². The van der Waals surface area contributed by atoms with Crippen LogP contribution in [0.15, 0.2) is 17.2 Å². The molecule has 3 N–H and O–H groups in total. The van der Waals surface area contributed by atoms with Crippen LogP contribution in [-0.2, 0) is 10.0 Å². The lowest BCUT2D eigenvalue weighted by Gasteiger charge is -2.25.